The fourth-order valence-corrected chi connectivity index (χ4v) is 5.62. The van der Waals surface area contributed by atoms with Crippen molar-refractivity contribution in [3.63, 3.8) is 0 Å². The molecule has 1 N–H and O–H groups in total. The molecule has 2 aromatic carbocycles. The van der Waals surface area contributed by atoms with E-state index in [1.165, 1.54) is 12.8 Å². The summed E-state index contributed by atoms with van der Waals surface area (Å²) in [6.07, 6.45) is 4.94. The molecule has 166 valence electrons. The first-order chi connectivity index (χ1) is 15.1. The Morgan fingerprint density at radius 3 is 2.16 bits per heavy atom. The maximum atomic E-state index is 13.4. The smallest absolute Gasteiger partial charge is 0.449 e. The Hall–Kier alpha value is -2.50. The van der Waals surface area contributed by atoms with E-state index in [0.717, 1.165) is 32.4 Å². The Morgan fingerprint density at radius 2 is 1.52 bits per heavy atom. The SMILES string of the molecule is O=C(NP(=O)(Oc1ccccc1)Oc1ccccc1)OC[C@@H]1CCCN2CCCC[C@H]12. The van der Waals surface area contributed by atoms with Gasteiger partial charge in [-0.25, -0.2) is 14.4 Å². The van der Waals surface area contributed by atoms with Crippen LogP contribution in [0, 0.1) is 5.92 Å². The summed E-state index contributed by atoms with van der Waals surface area (Å²) < 4.78 is 30.0. The molecule has 2 heterocycles. The summed E-state index contributed by atoms with van der Waals surface area (Å²) in [5.74, 6) is 0.948. The molecule has 0 bridgehead atoms. The van der Waals surface area contributed by atoms with E-state index in [-0.39, 0.29) is 0 Å². The largest absolute Gasteiger partial charge is 0.546 e. The zero-order valence-electron chi connectivity index (χ0n) is 17.5. The Bertz CT molecular complexity index is 848. The third-order valence-electron chi connectivity index (χ3n) is 5.82. The van der Waals surface area contributed by atoms with Gasteiger partial charge >= 0.3 is 13.8 Å². The van der Waals surface area contributed by atoms with Gasteiger partial charge in [0, 0.05) is 12.0 Å². The van der Waals surface area contributed by atoms with Crippen LogP contribution in [0.4, 0.5) is 4.79 Å². The van der Waals surface area contributed by atoms with Crippen molar-refractivity contribution in [3.05, 3.63) is 60.7 Å². The molecule has 2 aliphatic heterocycles. The quantitative estimate of drug-likeness (QED) is 0.589. The van der Waals surface area contributed by atoms with Crippen LogP contribution < -0.4 is 14.1 Å². The molecule has 0 spiro atoms. The number of nitrogens with one attached hydrogen (secondary N) is 1. The maximum absolute atomic E-state index is 13.4. The lowest BCUT2D eigenvalue weighted by molar-refractivity contribution is 0.0243. The minimum Gasteiger partial charge on any atom is -0.449 e. The summed E-state index contributed by atoms with van der Waals surface area (Å²) >= 11 is 0. The molecule has 2 aliphatic rings. The van der Waals surface area contributed by atoms with E-state index in [1.807, 2.05) is 12.1 Å². The van der Waals surface area contributed by atoms with E-state index in [2.05, 4.69) is 9.99 Å². The van der Waals surface area contributed by atoms with Crippen molar-refractivity contribution in [3.8, 4) is 11.5 Å². The summed E-state index contributed by atoms with van der Waals surface area (Å²) in [4.78, 5) is 15.1. The highest BCUT2D eigenvalue weighted by Gasteiger charge is 2.36. The van der Waals surface area contributed by atoms with Gasteiger partial charge in [0.15, 0.2) is 0 Å². The number of ether oxygens (including phenoxy) is 1. The number of benzene rings is 2. The van der Waals surface area contributed by atoms with Crippen molar-refractivity contribution in [2.45, 2.75) is 38.1 Å². The number of carbonyl (C=O) groups excluding carboxylic acids is 1. The molecule has 2 saturated heterocycles. The van der Waals surface area contributed by atoms with Crippen molar-refractivity contribution in [2.75, 3.05) is 19.7 Å². The van der Waals surface area contributed by atoms with Crippen LogP contribution in [0.5, 0.6) is 11.5 Å². The topological polar surface area (TPSA) is 77.1 Å². The first kappa shape index (κ1) is 21.7. The van der Waals surface area contributed by atoms with E-state index in [1.54, 1.807) is 48.5 Å². The predicted octanol–water partition coefficient (Wildman–Crippen LogP) is 5.24. The summed E-state index contributed by atoms with van der Waals surface area (Å²) in [7, 11) is -4.05. The molecule has 1 amide bonds. The number of nitrogens with zero attached hydrogens (tertiary/aromatic N) is 1. The normalized spacial score (nSPS) is 21.5. The minimum atomic E-state index is -4.05. The maximum Gasteiger partial charge on any atom is 0.546 e. The van der Waals surface area contributed by atoms with E-state index < -0.39 is 13.8 Å². The lowest BCUT2D eigenvalue weighted by Gasteiger charge is -2.44. The molecule has 0 aliphatic carbocycles. The molecule has 0 saturated carbocycles. The molecule has 2 atom stereocenters. The number of fused-ring (bicyclic) bond motifs is 1. The van der Waals surface area contributed by atoms with Gasteiger partial charge in [-0.05, 0) is 63.0 Å². The van der Waals surface area contributed by atoms with Gasteiger partial charge in [-0.2, -0.15) is 0 Å². The fourth-order valence-electron chi connectivity index (χ4n) is 4.40. The number of piperidine rings is 2. The molecule has 0 unspecified atom stereocenters. The first-order valence-corrected chi connectivity index (χ1v) is 12.4. The molecule has 0 aromatic heterocycles. The highest BCUT2D eigenvalue weighted by molar-refractivity contribution is 7.53. The number of para-hydroxylation sites is 2. The van der Waals surface area contributed by atoms with Gasteiger partial charge in [-0.15, -0.1) is 0 Å². The average Bonchev–Trinajstić information content (AvgIpc) is 2.78. The Balaban J connectivity index is 1.39. The second kappa shape index (κ2) is 10.2. The number of hydrogen-bond acceptors (Lipinski definition) is 6. The van der Waals surface area contributed by atoms with Gasteiger partial charge in [-0.3, -0.25) is 4.90 Å². The number of hydrogen-bond donors (Lipinski definition) is 1. The Kier molecular flexibility index (Phi) is 7.15. The molecule has 0 radical (unpaired) electrons. The monoisotopic (exact) mass is 444 g/mol. The first-order valence-electron chi connectivity index (χ1n) is 10.9. The molecule has 2 fully saturated rings. The van der Waals surface area contributed by atoms with Gasteiger partial charge in [0.25, 0.3) is 0 Å². The van der Waals surface area contributed by atoms with E-state index in [9.17, 15) is 9.36 Å². The number of amides is 1. The summed E-state index contributed by atoms with van der Waals surface area (Å²) in [5.41, 5.74) is 0. The molecule has 31 heavy (non-hydrogen) atoms. The van der Waals surface area contributed by atoms with E-state index in [0.29, 0.717) is 30.1 Å². The number of rotatable bonds is 7. The van der Waals surface area contributed by atoms with Gasteiger partial charge in [-0.1, -0.05) is 42.8 Å². The molecule has 8 heteroatoms. The standard InChI is InChI=1S/C23H29N2O5P/c26-23(28-18-19-10-9-17-25-16-8-7-15-22(19)25)24-31(27,29-20-11-3-1-4-12-20)30-21-13-5-2-6-14-21/h1-6,11-14,19,22H,7-10,15-18H2,(H,24,26,27)/t19-,22+/m0/s1. The lowest BCUT2D eigenvalue weighted by atomic mass is 9.84. The third-order valence-corrected chi connectivity index (χ3v) is 7.18. The molecule has 7 nitrogen and oxygen atoms in total. The Morgan fingerprint density at radius 1 is 0.903 bits per heavy atom. The van der Waals surface area contributed by atoms with Gasteiger partial charge in [0.2, 0.25) is 0 Å². The van der Waals surface area contributed by atoms with Crippen LogP contribution in [-0.4, -0.2) is 36.7 Å². The van der Waals surface area contributed by atoms with Crippen LogP contribution in [0.1, 0.15) is 32.1 Å². The second-order valence-electron chi connectivity index (χ2n) is 8.02. The van der Waals surface area contributed by atoms with Crippen molar-refractivity contribution in [1.29, 1.82) is 0 Å². The zero-order chi connectivity index (χ0) is 21.5. The zero-order valence-corrected chi connectivity index (χ0v) is 18.4. The molecule has 2 aromatic rings. The second-order valence-corrected chi connectivity index (χ2v) is 9.60. The number of carbonyl (C=O) groups is 1. The van der Waals surface area contributed by atoms with Crippen molar-refractivity contribution >= 4 is 13.8 Å². The molecular weight excluding hydrogens is 415 g/mol. The van der Waals surface area contributed by atoms with Crippen LogP contribution in [0.2, 0.25) is 0 Å². The summed E-state index contributed by atoms with van der Waals surface area (Å²) in [6.45, 7) is 2.54. The summed E-state index contributed by atoms with van der Waals surface area (Å²) in [5, 5.41) is 2.34. The van der Waals surface area contributed by atoms with Crippen LogP contribution in [0.15, 0.2) is 60.7 Å². The van der Waals surface area contributed by atoms with Crippen LogP contribution >= 0.6 is 7.75 Å². The van der Waals surface area contributed by atoms with Gasteiger partial charge < -0.3 is 13.8 Å². The van der Waals surface area contributed by atoms with Gasteiger partial charge in [0.05, 0.1) is 6.61 Å². The van der Waals surface area contributed by atoms with Gasteiger partial charge in [0.1, 0.15) is 11.5 Å². The van der Waals surface area contributed by atoms with Crippen molar-refractivity contribution < 1.29 is 23.1 Å². The molecule has 4 rings (SSSR count). The predicted molar refractivity (Wildman–Crippen MR) is 118 cm³/mol. The van der Waals surface area contributed by atoms with Crippen LogP contribution in [-0.2, 0) is 9.30 Å². The minimum absolute atomic E-state index is 0.295. The summed E-state index contributed by atoms with van der Waals surface area (Å²) in [6, 6.07) is 17.7. The average molecular weight is 444 g/mol. The Labute approximate surface area is 183 Å². The van der Waals surface area contributed by atoms with E-state index >= 15 is 0 Å². The van der Waals surface area contributed by atoms with E-state index in [4.69, 9.17) is 13.8 Å². The van der Waals surface area contributed by atoms with Crippen LogP contribution in [0.25, 0.3) is 0 Å². The van der Waals surface area contributed by atoms with Crippen molar-refractivity contribution in [2.24, 2.45) is 5.92 Å². The molecular formula is C23H29N2O5P. The van der Waals surface area contributed by atoms with Crippen LogP contribution in [0.3, 0.4) is 0 Å². The van der Waals surface area contributed by atoms with Crippen molar-refractivity contribution in [1.82, 2.24) is 9.99 Å². The third kappa shape index (κ3) is 6.02. The highest BCUT2D eigenvalue weighted by Crippen LogP contribution is 2.44. The highest BCUT2D eigenvalue weighted by atomic mass is 31.2. The lowest BCUT2D eigenvalue weighted by Crippen LogP contribution is -2.49. The fraction of sp³-hybridized carbons (Fsp3) is 0.435.